The molecule has 0 unspecified atom stereocenters. The van der Waals surface area contributed by atoms with Crippen LogP contribution in [0.3, 0.4) is 0 Å². The number of aryl methyl sites for hydroxylation is 1. The highest BCUT2D eigenvalue weighted by Gasteiger charge is 2.10. The van der Waals surface area contributed by atoms with E-state index in [4.69, 9.17) is 11.6 Å². The van der Waals surface area contributed by atoms with E-state index >= 15 is 0 Å². The number of nitrogens with one attached hydrogen (secondary N) is 1. The number of rotatable bonds is 3. The molecule has 2 aromatic rings. The minimum absolute atomic E-state index is 0.644. The quantitative estimate of drug-likeness (QED) is 0.947. The first-order valence-electron chi connectivity index (χ1n) is 5.13. The van der Waals surface area contributed by atoms with Crippen LogP contribution in [0.2, 0.25) is 5.02 Å². The highest BCUT2D eigenvalue weighted by molar-refractivity contribution is 9.10. The van der Waals surface area contributed by atoms with Crippen molar-refractivity contribution >= 4 is 27.5 Å². The normalized spacial score (nSPS) is 10.8. The van der Waals surface area contributed by atoms with Gasteiger partial charge in [-0.05, 0) is 36.0 Å². The van der Waals surface area contributed by atoms with Crippen LogP contribution in [0.25, 0.3) is 5.82 Å². The molecule has 0 saturated carbocycles. The van der Waals surface area contributed by atoms with Gasteiger partial charge in [0.25, 0.3) is 0 Å². The molecule has 0 saturated heterocycles. The van der Waals surface area contributed by atoms with Gasteiger partial charge in [0.05, 0.1) is 16.9 Å². The topological polar surface area (TPSA) is 42.7 Å². The molecule has 0 bridgehead atoms. The summed E-state index contributed by atoms with van der Waals surface area (Å²) in [5.74, 6) is 0.789. The van der Waals surface area contributed by atoms with Crippen molar-refractivity contribution in [1.82, 2.24) is 20.1 Å². The first-order chi connectivity index (χ1) is 8.11. The second-order valence-corrected chi connectivity index (χ2v) is 5.00. The van der Waals surface area contributed by atoms with Crippen LogP contribution in [-0.4, -0.2) is 21.8 Å². The molecule has 0 amide bonds. The summed E-state index contributed by atoms with van der Waals surface area (Å²) in [5, 5.41) is 8.08. The van der Waals surface area contributed by atoms with E-state index in [1.165, 1.54) is 0 Å². The minimum atomic E-state index is 0.644. The van der Waals surface area contributed by atoms with Gasteiger partial charge in [-0.15, -0.1) is 0 Å². The van der Waals surface area contributed by atoms with Gasteiger partial charge in [0.15, 0.2) is 5.82 Å². The minimum Gasteiger partial charge on any atom is -0.316 e. The number of nitrogens with zero attached hydrogens (tertiary/aromatic N) is 3. The van der Waals surface area contributed by atoms with Crippen molar-refractivity contribution < 1.29 is 0 Å². The van der Waals surface area contributed by atoms with Gasteiger partial charge >= 0.3 is 0 Å². The zero-order valence-corrected chi connectivity index (χ0v) is 11.9. The molecule has 90 valence electrons. The molecule has 2 heterocycles. The fourth-order valence-corrected chi connectivity index (χ4v) is 2.06. The Bertz CT molecular complexity index is 519. The summed E-state index contributed by atoms with van der Waals surface area (Å²) in [6, 6.07) is 2.02. The molecule has 17 heavy (non-hydrogen) atoms. The summed E-state index contributed by atoms with van der Waals surface area (Å²) in [4.78, 5) is 4.38. The van der Waals surface area contributed by atoms with Crippen molar-refractivity contribution in [1.29, 1.82) is 0 Å². The van der Waals surface area contributed by atoms with Gasteiger partial charge in [0, 0.05) is 22.8 Å². The van der Waals surface area contributed by atoms with Crippen molar-refractivity contribution in [2.45, 2.75) is 13.5 Å². The molecular weight excluding hydrogens is 304 g/mol. The Balaban J connectivity index is 2.50. The summed E-state index contributed by atoms with van der Waals surface area (Å²) in [7, 11) is 1.89. The Labute approximate surface area is 113 Å². The van der Waals surface area contributed by atoms with Crippen molar-refractivity contribution in [3.63, 3.8) is 0 Å². The van der Waals surface area contributed by atoms with Crippen LogP contribution in [0, 0.1) is 6.92 Å². The third kappa shape index (κ3) is 2.68. The van der Waals surface area contributed by atoms with Gasteiger partial charge < -0.3 is 5.32 Å². The molecule has 0 atom stereocenters. The Hall–Kier alpha value is -0.910. The van der Waals surface area contributed by atoms with Gasteiger partial charge in [-0.3, -0.25) is 0 Å². The molecule has 4 nitrogen and oxygen atoms in total. The maximum Gasteiger partial charge on any atom is 0.157 e. The van der Waals surface area contributed by atoms with E-state index in [2.05, 4.69) is 31.3 Å². The number of hydrogen-bond donors (Lipinski definition) is 1. The Morgan fingerprint density at radius 1 is 1.53 bits per heavy atom. The van der Waals surface area contributed by atoms with Crippen LogP contribution in [0.1, 0.15) is 11.3 Å². The molecule has 0 aliphatic carbocycles. The lowest BCUT2D eigenvalue weighted by Crippen LogP contribution is -2.11. The number of hydrogen-bond acceptors (Lipinski definition) is 3. The average molecular weight is 316 g/mol. The highest BCUT2D eigenvalue weighted by Crippen LogP contribution is 2.20. The molecule has 0 fully saturated rings. The van der Waals surface area contributed by atoms with Gasteiger partial charge in [-0.2, -0.15) is 5.10 Å². The van der Waals surface area contributed by atoms with Crippen LogP contribution in [-0.2, 0) is 6.54 Å². The largest absolute Gasteiger partial charge is 0.316 e. The van der Waals surface area contributed by atoms with Crippen molar-refractivity contribution in [3.8, 4) is 5.82 Å². The standard InChI is InChI=1S/C11H12BrClN4/c1-7-10(13)6-17(16-7)11-8(4-14-2)3-9(12)5-15-11/h3,5-6,14H,4H2,1-2H3. The van der Waals surface area contributed by atoms with Crippen LogP contribution < -0.4 is 5.32 Å². The molecule has 0 spiro atoms. The fourth-order valence-electron chi connectivity index (χ4n) is 1.55. The monoisotopic (exact) mass is 314 g/mol. The fraction of sp³-hybridized carbons (Fsp3) is 0.273. The van der Waals surface area contributed by atoms with Gasteiger partial charge in [-0.25, -0.2) is 9.67 Å². The predicted octanol–water partition coefficient (Wildman–Crippen LogP) is 2.71. The van der Waals surface area contributed by atoms with Gasteiger partial charge in [-0.1, -0.05) is 11.6 Å². The highest BCUT2D eigenvalue weighted by atomic mass is 79.9. The van der Waals surface area contributed by atoms with E-state index in [-0.39, 0.29) is 0 Å². The first kappa shape index (κ1) is 12.5. The van der Waals surface area contributed by atoms with Crippen LogP contribution in [0.5, 0.6) is 0 Å². The third-order valence-electron chi connectivity index (χ3n) is 2.33. The van der Waals surface area contributed by atoms with Gasteiger partial charge in [0.2, 0.25) is 0 Å². The van der Waals surface area contributed by atoms with E-state index in [9.17, 15) is 0 Å². The molecule has 0 aromatic carbocycles. The maximum atomic E-state index is 6.00. The zero-order valence-electron chi connectivity index (χ0n) is 9.54. The van der Waals surface area contributed by atoms with E-state index < -0.39 is 0 Å². The molecule has 2 aromatic heterocycles. The third-order valence-corrected chi connectivity index (χ3v) is 3.14. The van der Waals surface area contributed by atoms with Crippen LogP contribution in [0.15, 0.2) is 22.9 Å². The average Bonchev–Trinajstić information content (AvgIpc) is 2.60. The molecular formula is C11H12BrClN4. The summed E-state index contributed by atoms with van der Waals surface area (Å²) in [6.45, 7) is 2.59. The smallest absolute Gasteiger partial charge is 0.157 e. The van der Waals surface area contributed by atoms with Gasteiger partial charge in [0.1, 0.15) is 0 Å². The Kier molecular flexibility index (Phi) is 3.81. The second kappa shape index (κ2) is 5.16. The Morgan fingerprint density at radius 2 is 2.29 bits per heavy atom. The molecule has 0 aliphatic heterocycles. The summed E-state index contributed by atoms with van der Waals surface area (Å²) < 4.78 is 2.65. The van der Waals surface area contributed by atoms with Crippen molar-refractivity contribution in [3.05, 3.63) is 39.2 Å². The Morgan fingerprint density at radius 3 is 2.88 bits per heavy atom. The summed E-state index contributed by atoms with van der Waals surface area (Å²) in [6.07, 6.45) is 3.52. The SMILES string of the molecule is CNCc1cc(Br)cnc1-n1cc(Cl)c(C)n1. The lowest BCUT2D eigenvalue weighted by Gasteiger charge is -2.08. The van der Waals surface area contributed by atoms with Crippen LogP contribution in [0.4, 0.5) is 0 Å². The zero-order chi connectivity index (χ0) is 12.4. The number of aromatic nitrogens is 3. The van der Waals surface area contributed by atoms with E-state index in [1.54, 1.807) is 17.1 Å². The molecule has 1 N–H and O–H groups in total. The molecule has 6 heteroatoms. The lowest BCUT2D eigenvalue weighted by molar-refractivity contribution is 0.766. The van der Waals surface area contributed by atoms with Crippen LogP contribution >= 0.6 is 27.5 Å². The predicted molar refractivity (Wildman–Crippen MR) is 71.6 cm³/mol. The van der Waals surface area contributed by atoms with E-state index in [1.807, 2.05) is 20.0 Å². The van der Waals surface area contributed by atoms with Crippen molar-refractivity contribution in [2.75, 3.05) is 7.05 Å². The maximum absolute atomic E-state index is 6.00. The summed E-state index contributed by atoms with van der Waals surface area (Å²) >= 11 is 9.42. The summed E-state index contributed by atoms with van der Waals surface area (Å²) in [5.41, 5.74) is 1.85. The first-order valence-corrected chi connectivity index (χ1v) is 6.30. The molecule has 0 aliphatic rings. The van der Waals surface area contributed by atoms with E-state index in [0.717, 1.165) is 28.1 Å². The molecule has 0 radical (unpaired) electrons. The number of pyridine rings is 1. The molecule has 2 rings (SSSR count). The second-order valence-electron chi connectivity index (χ2n) is 3.67. The van der Waals surface area contributed by atoms with Crippen molar-refractivity contribution in [2.24, 2.45) is 0 Å². The number of halogens is 2. The van der Waals surface area contributed by atoms with E-state index in [0.29, 0.717) is 5.02 Å². The lowest BCUT2D eigenvalue weighted by atomic mass is 10.2.